The first-order valence-electron chi connectivity index (χ1n) is 6.53. The Morgan fingerprint density at radius 3 is 2.73 bits per heavy atom. The second-order valence-corrected chi connectivity index (χ2v) is 6.05. The van der Waals surface area contributed by atoms with Crippen molar-refractivity contribution in [2.45, 2.75) is 4.90 Å². The highest BCUT2D eigenvalue weighted by Gasteiger charge is 2.10. The molecule has 0 saturated carbocycles. The zero-order valence-corrected chi connectivity index (χ0v) is 13.3. The van der Waals surface area contributed by atoms with Gasteiger partial charge in [0.05, 0.1) is 22.8 Å². The van der Waals surface area contributed by atoms with E-state index in [0.29, 0.717) is 27.2 Å². The van der Waals surface area contributed by atoms with Crippen molar-refractivity contribution in [3.63, 3.8) is 0 Å². The fraction of sp³-hybridized carbons (Fsp3) is 0.0588. The fourth-order valence-electron chi connectivity index (χ4n) is 2.36. The van der Waals surface area contributed by atoms with Crippen molar-refractivity contribution in [1.82, 2.24) is 4.98 Å². The van der Waals surface area contributed by atoms with E-state index in [1.165, 1.54) is 0 Å². The Labute approximate surface area is 136 Å². The zero-order valence-electron chi connectivity index (χ0n) is 11.7. The standard InChI is InChI=1S/C17H11ClN2OS/c1-22-17-5-2-10(9-19)6-13(17)15-8-16(21)12-4-3-11(18)7-14(12)20-15/h2-8H,1H3,(H,20,21). The first-order valence-corrected chi connectivity index (χ1v) is 8.14. The third-order valence-corrected chi connectivity index (χ3v) is 4.44. The van der Waals surface area contributed by atoms with Crippen molar-refractivity contribution in [1.29, 1.82) is 5.26 Å². The van der Waals surface area contributed by atoms with Gasteiger partial charge in [-0.25, -0.2) is 0 Å². The van der Waals surface area contributed by atoms with Crippen molar-refractivity contribution >= 4 is 34.3 Å². The number of H-pyrrole nitrogens is 1. The minimum atomic E-state index is -0.0742. The van der Waals surface area contributed by atoms with Crippen molar-refractivity contribution < 1.29 is 0 Å². The smallest absolute Gasteiger partial charge is 0.190 e. The number of hydrogen-bond acceptors (Lipinski definition) is 3. The van der Waals surface area contributed by atoms with Crippen molar-refractivity contribution in [2.75, 3.05) is 6.26 Å². The van der Waals surface area contributed by atoms with Crippen molar-refractivity contribution in [2.24, 2.45) is 0 Å². The Morgan fingerprint density at radius 1 is 1.18 bits per heavy atom. The van der Waals surface area contributed by atoms with Crippen LogP contribution in [0.1, 0.15) is 5.56 Å². The lowest BCUT2D eigenvalue weighted by molar-refractivity contribution is 1.32. The van der Waals surface area contributed by atoms with Gasteiger partial charge in [-0.3, -0.25) is 4.79 Å². The van der Waals surface area contributed by atoms with Gasteiger partial charge in [0.25, 0.3) is 0 Å². The molecule has 0 bridgehead atoms. The molecular formula is C17H11ClN2OS. The van der Waals surface area contributed by atoms with Crippen LogP contribution in [0, 0.1) is 11.3 Å². The second kappa shape index (κ2) is 5.88. The summed E-state index contributed by atoms with van der Waals surface area (Å²) >= 11 is 7.57. The van der Waals surface area contributed by atoms with Crippen LogP contribution in [0.5, 0.6) is 0 Å². The summed E-state index contributed by atoms with van der Waals surface area (Å²) in [5.41, 5.74) is 2.69. The van der Waals surface area contributed by atoms with Gasteiger partial charge in [-0.05, 0) is 42.7 Å². The van der Waals surface area contributed by atoms with Gasteiger partial charge in [0.1, 0.15) is 0 Å². The molecular weight excluding hydrogens is 316 g/mol. The zero-order chi connectivity index (χ0) is 15.7. The molecule has 0 aliphatic heterocycles. The Hall–Kier alpha value is -2.22. The highest BCUT2D eigenvalue weighted by atomic mass is 35.5. The molecule has 108 valence electrons. The maximum Gasteiger partial charge on any atom is 0.190 e. The molecule has 1 N–H and O–H groups in total. The van der Waals surface area contributed by atoms with E-state index in [1.54, 1.807) is 48.2 Å². The van der Waals surface area contributed by atoms with Gasteiger partial charge in [0.15, 0.2) is 5.43 Å². The lowest BCUT2D eigenvalue weighted by atomic mass is 10.1. The van der Waals surface area contributed by atoms with Crippen molar-refractivity contribution in [3.8, 4) is 17.3 Å². The van der Waals surface area contributed by atoms with E-state index in [4.69, 9.17) is 16.9 Å². The molecule has 0 aliphatic carbocycles. The normalized spacial score (nSPS) is 10.6. The van der Waals surface area contributed by atoms with E-state index in [2.05, 4.69) is 11.1 Å². The van der Waals surface area contributed by atoms with Gasteiger partial charge in [0, 0.05) is 26.9 Å². The number of aromatic amines is 1. The van der Waals surface area contributed by atoms with Crippen LogP contribution >= 0.6 is 23.4 Å². The predicted molar refractivity (Wildman–Crippen MR) is 91.5 cm³/mol. The van der Waals surface area contributed by atoms with Crippen LogP contribution in [-0.4, -0.2) is 11.2 Å². The summed E-state index contributed by atoms with van der Waals surface area (Å²) in [6.07, 6.45) is 1.96. The minimum Gasteiger partial charge on any atom is -0.354 e. The largest absolute Gasteiger partial charge is 0.354 e. The number of halogens is 1. The number of benzene rings is 2. The van der Waals surface area contributed by atoms with E-state index in [9.17, 15) is 4.79 Å². The van der Waals surface area contributed by atoms with Gasteiger partial charge in [-0.1, -0.05) is 11.6 Å². The molecule has 22 heavy (non-hydrogen) atoms. The molecule has 0 saturated heterocycles. The first kappa shape index (κ1) is 14.7. The van der Waals surface area contributed by atoms with Crippen LogP contribution in [-0.2, 0) is 0 Å². The molecule has 3 rings (SSSR count). The number of rotatable bonds is 2. The fourth-order valence-corrected chi connectivity index (χ4v) is 3.12. The summed E-state index contributed by atoms with van der Waals surface area (Å²) in [7, 11) is 0. The molecule has 0 atom stereocenters. The number of nitrogens with zero attached hydrogens (tertiary/aromatic N) is 1. The van der Waals surface area contributed by atoms with E-state index in [0.717, 1.165) is 10.5 Å². The second-order valence-electron chi connectivity index (χ2n) is 4.76. The summed E-state index contributed by atoms with van der Waals surface area (Å²) in [6, 6.07) is 14.3. The van der Waals surface area contributed by atoms with Gasteiger partial charge >= 0.3 is 0 Å². The highest BCUT2D eigenvalue weighted by molar-refractivity contribution is 7.98. The number of aromatic nitrogens is 1. The Morgan fingerprint density at radius 2 is 2.00 bits per heavy atom. The minimum absolute atomic E-state index is 0.0742. The molecule has 0 radical (unpaired) electrons. The molecule has 1 heterocycles. The molecule has 3 nitrogen and oxygen atoms in total. The molecule has 0 fully saturated rings. The topological polar surface area (TPSA) is 56.6 Å². The highest BCUT2D eigenvalue weighted by Crippen LogP contribution is 2.30. The van der Waals surface area contributed by atoms with Gasteiger partial charge in [-0.15, -0.1) is 11.8 Å². The SMILES string of the molecule is CSc1ccc(C#N)cc1-c1cc(=O)c2ccc(Cl)cc2[nH]1. The third-order valence-electron chi connectivity index (χ3n) is 3.41. The first-order chi connectivity index (χ1) is 10.6. The van der Waals surface area contributed by atoms with Crippen LogP contribution in [0.4, 0.5) is 0 Å². The number of fused-ring (bicyclic) bond motifs is 1. The van der Waals surface area contributed by atoms with Gasteiger partial charge in [-0.2, -0.15) is 5.26 Å². The molecule has 0 unspecified atom stereocenters. The quantitative estimate of drug-likeness (QED) is 0.708. The van der Waals surface area contributed by atoms with Crippen LogP contribution in [0.15, 0.2) is 52.2 Å². The van der Waals surface area contributed by atoms with E-state index in [1.807, 2.05) is 12.3 Å². The lowest BCUT2D eigenvalue weighted by Crippen LogP contribution is -2.03. The molecule has 1 aromatic heterocycles. The van der Waals surface area contributed by atoms with Gasteiger partial charge < -0.3 is 4.98 Å². The van der Waals surface area contributed by atoms with Crippen LogP contribution in [0.2, 0.25) is 5.02 Å². The molecule has 0 spiro atoms. The summed E-state index contributed by atoms with van der Waals surface area (Å²) in [5, 5.41) is 10.2. The molecule has 5 heteroatoms. The number of nitrogens with one attached hydrogen (secondary N) is 1. The number of hydrogen-bond donors (Lipinski definition) is 1. The number of nitriles is 1. The molecule has 0 aliphatic rings. The molecule has 3 aromatic rings. The third kappa shape index (κ3) is 2.61. The van der Waals surface area contributed by atoms with Crippen LogP contribution in [0.25, 0.3) is 22.2 Å². The monoisotopic (exact) mass is 326 g/mol. The number of pyridine rings is 1. The molecule has 2 aromatic carbocycles. The summed E-state index contributed by atoms with van der Waals surface area (Å²) in [4.78, 5) is 16.5. The summed E-state index contributed by atoms with van der Waals surface area (Å²) in [5.74, 6) is 0. The maximum atomic E-state index is 12.3. The van der Waals surface area contributed by atoms with Gasteiger partial charge in [0.2, 0.25) is 0 Å². The maximum absolute atomic E-state index is 12.3. The van der Waals surface area contributed by atoms with Crippen molar-refractivity contribution in [3.05, 3.63) is 63.3 Å². The van der Waals surface area contributed by atoms with E-state index < -0.39 is 0 Å². The van der Waals surface area contributed by atoms with Crippen LogP contribution < -0.4 is 5.43 Å². The van der Waals surface area contributed by atoms with E-state index in [-0.39, 0.29) is 5.43 Å². The number of thioether (sulfide) groups is 1. The Balaban J connectivity index is 2.31. The van der Waals surface area contributed by atoms with E-state index >= 15 is 0 Å². The summed E-state index contributed by atoms with van der Waals surface area (Å²) in [6.45, 7) is 0. The average Bonchev–Trinajstić information content (AvgIpc) is 2.53. The Kier molecular flexibility index (Phi) is 3.93. The summed E-state index contributed by atoms with van der Waals surface area (Å²) < 4.78 is 0. The molecule has 0 amide bonds. The lowest BCUT2D eigenvalue weighted by Gasteiger charge is -2.09. The predicted octanol–water partition coefficient (Wildman–Crippen LogP) is 4.44. The van der Waals surface area contributed by atoms with Crippen LogP contribution in [0.3, 0.4) is 0 Å². The Bertz CT molecular complexity index is 973. The average molecular weight is 327 g/mol.